The molecular weight excluding hydrogens is 387 g/mol. The van der Waals surface area contributed by atoms with E-state index < -0.39 is 42.8 Å². The number of halogens is 5. The first kappa shape index (κ1) is 21.3. The second-order valence-electron chi connectivity index (χ2n) is 5.56. The van der Waals surface area contributed by atoms with Crippen molar-refractivity contribution in [3.05, 3.63) is 58.9 Å². The van der Waals surface area contributed by atoms with Crippen molar-refractivity contribution in [2.24, 2.45) is 0 Å². The van der Waals surface area contributed by atoms with E-state index in [1.54, 1.807) is 6.92 Å². The largest absolute Gasteiger partial charge is 0.485 e. The van der Waals surface area contributed by atoms with Crippen LogP contribution >= 0.6 is 0 Å². The van der Waals surface area contributed by atoms with Gasteiger partial charge in [0, 0.05) is 11.1 Å². The molecule has 150 valence electrons. The standard InChI is InChI=1S/C19H15F5O4/c1-2-10-7-11(4-6-14(10)28-19(23)24)17(25)18(26)12-3-5-13(20)15(8-12)27-9-16(21)22/h3-8,16,19H,2,9H2,1H3. The molecule has 2 rings (SSSR count). The number of benzene rings is 2. The van der Waals surface area contributed by atoms with Crippen LogP contribution in [0.3, 0.4) is 0 Å². The fourth-order valence-electron chi connectivity index (χ4n) is 2.38. The van der Waals surface area contributed by atoms with Crippen molar-refractivity contribution in [2.75, 3.05) is 6.61 Å². The summed E-state index contributed by atoms with van der Waals surface area (Å²) in [5, 5.41) is 0. The maximum absolute atomic E-state index is 13.6. The van der Waals surface area contributed by atoms with Crippen LogP contribution in [0.1, 0.15) is 33.2 Å². The number of aryl methyl sites for hydroxylation is 1. The topological polar surface area (TPSA) is 52.6 Å². The highest BCUT2D eigenvalue weighted by atomic mass is 19.3. The van der Waals surface area contributed by atoms with Crippen LogP contribution in [0.4, 0.5) is 22.0 Å². The molecule has 0 amide bonds. The molecule has 0 atom stereocenters. The Balaban J connectivity index is 2.27. The molecule has 9 heteroatoms. The highest BCUT2D eigenvalue weighted by molar-refractivity contribution is 6.49. The van der Waals surface area contributed by atoms with E-state index in [9.17, 15) is 31.5 Å². The zero-order valence-electron chi connectivity index (χ0n) is 14.6. The third-order valence-electron chi connectivity index (χ3n) is 3.68. The van der Waals surface area contributed by atoms with Crippen molar-refractivity contribution < 1.29 is 41.0 Å². The zero-order chi connectivity index (χ0) is 20.8. The molecule has 0 radical (unpaired) electrons. The van der Waals surface area contributed by atoms with Gasteiger partial charge in [0.05, 0.1) is 0 Å². The Bertz CT molecular complexity index is 867. The van der Waals surface area contributed by atoms with E-state index in [-0.39, 0.29) is 23.3 Å². The summed E-state index contributed by atoms with van der Waals surface area (Å²) in [6.07, 6.45) is -2.58. The minimum Gasteiger partial charge on any atom is -0.485 e. The lowest BCUT2D eigenvalue weighted by molar-refractivity contribution is -0.0504. The first-order valence-electron chi connectivity index (χ1n) is 8.10. The number of carbonyl (C=O) groups excluding carboxylic acids is 2. The summed E-state index contributed by atoms with van der Waals surface area (Å²) >= 11 is 0. The Morgan fingerprint density at radius 1 is 0.929 bits per heavy atom. The number of rotatable bonds is 9. The van der Waals surface area contributed by atoms with Gasteiger partial charge in [0.2, 0.25) is 11.6 Å². The van der Waals surface area contributed by atoms with Gasteiger partial charge >= 0.3 is 6.61 Å². The van der Waals surface area contributed by atoms with E-state index in [0.29, 0.717) is 5.56 Å². The van der Waals surface area contributed by atoms with Crippen LogP contribution in [0.15, 0.2) is 36.4 Å². The highest BCUT2D eigenvalue weighted by Crippen LogP contribution is 2.25. The Morgan fingerprint density at radius 2 is 1.54 bits per heavy atom. The summed E-state index contributed by atoms with van der Waals surface area (Å²) in [6, 6.07) is 6.23. The quantitative estimate of drug-likeness (QED) is 0.347. The van der Waals surface area contributed by atoms with Gasteiger partial charge in [-0.1, -0.05) is 6.92 Å². The van der Waals surface area contributed by atoms with Gasteiger partial charge in [0.15, 0.2) is 11.6 Å². The predicted molar refractivity (Wildman–Crippen MR) is 89.0 cm³/mol. The van der Waals surface area contributed by atoms with Crippen LogP contribution < -0.4 is 9.47 Å². The van der Waals surface area contributed by atoms with Crippen molar-refractivity contribution in [3.8, 4) is 11.5 Å². The zero-order valence-corrected chi connectivity index (χ0v) is 14.6. The molecular formula is C19H15F5O4. The number of carbonyl (C=O) groups is 2. The number of alkyl halides is 4. The van der Waals surface area contributed by atoms with Crippen molar-refractivity contribution in [3.63, 3.8) is 0 Å². The fourth-order valence-corrected chi connectivity index (χ4v) is 2.38. The summed E-state index contributed by atoms with van der Waals surface area (Å²) in [6.45, 7) is -2.47. The van der Waals surface area contributed by atoms with E-state index in [1.807, 2.05) is 0 Å². The summed E-state index contributed by atoms with van der Waals surface area (Å²) < 4.78 is 71.8. The molecule has 0 saturated heterocycles. The van der Waals surface area contributed by atoms with Crippen LogP contribution in [0, 0.1) is 5.82 Å². The van der Waals surface area contributed by atoms with Gasteiger partial charge in [0.1, 0.15) is 12.4 Å². The molecule has 2 aromatic carbocycles. The molecule has 0 bridgehead atoms. The lowest BCUT2D eigenvalue weighted by atomic mass is 9.98. The van der Waals surface area contributed by atoms with Crippen LogP contribution in [-0.2, 0) is 6.42 Å². The minimum absolute atomic E-state index is 0.0807. The number of ketones is 2. The maximum atomic E-state index is 13.6. The molecule has 0 unspecified atom stereocenters. The average Bonchev–Trinajstić information content (AvgIpc) is 2.66. The van der Waals surface area contributed by atoms with Gasteiger partial charge in [-0.15, -0.1) is 0 Å². The van der Waals surface area contributed by atoms with Crippen LogP contribution in [0.25, 0.3) is 0 Å². The Labute approximate surface area is 156 Å². The lowest BCUT2D eigenvalue weighted by Crippen LogP contribution is -2.16. The van der Waals surface area contributed by atoms with Gasteiger partial charge in [-0.2, -0.15) is 8.78 Å². The first-order valence-corrected chi connectivity index (χ1v) is 8.10. The van der Waals surface area contributed by atoms with Crippen LogP contribution in [0.2, 0.25) is 0 Å². The maximum Gasteiger partial charge on any atom is 0.387 e. The highest BCUT2D eigenvalue weighted by Gasteiger charge is 2.22. The second kappa shape index (κ2) is 9.29. The minimum atomic E-state index is -3.04. The number of ether oxygens (including phenoxy) is 2. The first-order chi connectivity index (χ1) is 13.2. The van der Waals surface area contributed by atoms with Crippen molar-refractivity contribution >= 4 is 11.6 Å². The van der Waals surface area contributed by atoms with E-state index in [2.05, 4.69) is 9.47 Å². The van der Waals surface area contributed by atoms with Crippen molar-refractivity contribution in [1.82, 2.24) is 0 Å². The summed E-state index contributed by atoms with van der Waals surface area (Å²) in [4.78, 5) is 24.8. The SMILES string of the molecule is CCc1cc(C(=O)C(=O)c2ccc(F)c(OCC(F)F)c2)ccc1OC(F)F. The van der Waals surface area contributed by atoms with E-state index in [1.165, 1.54) is 6.07 Å². The smallest absolute Gasteiger partial charge is 0.387 e. The van der Waals surface area contributed by atoms with Crippen LogP contribution in [-0.4, -0.2) is 31.2 Å². The molecule has 0 N–H and O–H groups in total. The summed E-state index contributed by atoms with van der Waals surface area (Å²) in [5.41, 5.74) is -0.0523. The van der Waals surface area contributed by atoms with E-state index in [0.717, 1.165) is 30.3 Å². The number of Topliss-reactive ketones (excluding diaryl/α,β-unsaturated/α-hetero) is 2. The van der Waals surface area contributed by atoms with Gasteiger partial charge in [-0.05, 0) is 48.4 Å². The summed E-state index contributed by atoms with van der Waals surface area (Å²) in [5.74, 6) is -3.69. The molecule has 0 heterocycles. The molecule has 28 heavy (non-hydrogen) atoms. The van der Waals surface area contributed by atoms with E-state index >= 15 is 0 Å². The Morgan fingerprint density at radius 3 is 2.11 bits per heavy atom. The second-order valence-corrected chi connectivity index (χ2v) is 5.56. The van der Waals surface area contributed by atoms with Gasteiger partial charge < -0.3 is 9.47 Å². The Kier molecular flexibility index (Phi) is 7.08. The predicted octanol–water partition coefficient (Wildman–Crippen LogP) is 4.70. The van der Waals surface area contributed by atoms with Crippen LogP contribution in [0.5, 0.6) is 11.5 Å². The van der Waals surface area contributed by atoms with E-state index in [4.69, 9.17) is 0 Å². The summed E-state index contributed by atoms with van der Waals surface area (Å²) in [7, 11) is 0. The number of hydrogen-bond acceptors (Lipinski definition) is 4. The lowest BCUT2D eigenvalue weighted by Gasteiger charge is -2.11. The number of hydrogen-bond donors (Lipinski definition) is 0. The molecule has 0 aliphatic carbocycles. The van der Waals surface area contributed by atoms with Gasteiger partial charge in [-0.25, -0.2) is 13.2 Å². The fraction of sp³-hybridized carbons (Fsp3) is 0.263. The average molecular weight is 402 g/mol. The van der Waals surface area contributed by atoms with Gasteiger partial charge in [-0.3, -0.25) is 9.59 Å². The Hall–Kier alpha value is -2.97. The van der Waals surface area contributed by atoms with Crippen molar-refractivity contribution in [1.29, 1.82) is 0 Å². The monoisotopic (exact) mass is 402 g/mol. The molecule has 0 saturated carbocycles. The molecule has 0 fully saturated rings. The third-order valence-corrected chi connectivity index (χ3v) is 3.68. The molecule has 4 nitrogen and oxygen atoms in total. The van der Waals surface area contributed by atoms with Gasteiger partial charge in [0.25, 0.3) is 6.43 Å². The molecule has 0 aliphatic heterocycles. The molecule has 0 aromatic heterocycles. The molecule has 0 aliphatic rings. The van der Waals surface area contributed by atoms with Crippen molar-refractivity contribution in [2.45, 2.75) is 26.4 Å². The molecule has 2 aromatic rings. The molecule has 0 spiro atoms. The normalized spacial score (nSPS) is 11.0. The third kappa shape index (κ3) is 5.28.